The number of imide groups is 1. The first-order valence-corrected chi connectivity index (χ1v) is 11.2. The Balaban J connectivity index is 1.65. The first kappa shape index (κ1) is 22.9. The third-order valence-electron chi connectivity index (χ3n) is 6.30. The van der Waals surface area contributed by atoms with E-state index in [1.807, 2.05) is 13.0 Å². The molecule has 2 aliphatic heterocycles. The van der Waals surface area contributed by atoms with Crippen molar-refractivity contribution >= 4 is 40.5 Å². The molecule has 2 saturated heterocycles. The molecule has 35 heavy (non-hydrogen) atoms. The molecule has 178 valence electrons. The van der Waals surface area contributed by atoms with Crippen LogP contribution in [0.3, 0.4) is 0 Å². The van der Waals surface area contributed by atoms with Gasteiger partial charge in [0.05, 0.1) is 16.3 Å². The van der Waals surface area contributed by atoms with Crippen molar-refractivity contribution in [3.05, 3.63) is 98.3 Å². The Labute approximate surface area is 204 Å². The van der Waals surface area contributed by atoms with Crippen molar-refractivity contribution in [1.82, 2.24) is 0 Å². The minimum Gasteiger partial charge on any atom is -0.273 e. The maximum absolute atomic E-state index is 15.1. The largest absolute Gasteiger partial charge is 0.273 e. The van der Waals surface area contributed by atoms with Gasteiger partial charge in [-0.05, 0) is 43.7 Å². The summed E-state index contributed by atoms with van der Waals surface area (Å²) in [5.41, 5.74) is 2.05. The molecule has 0 bridgehead atoms. The number of hydrogen-bond donors (Lipinski definition) is 0. The van der Waals surface area contributed by atoms with Crippen LogP contribution in [-0.4, -0.2) is 22.8 Å². The molecule has 8 nitrogen and oxygen atoms in total. The number of fused-ring (bicyclic) bond motifs is 1. The first-order chi connectivity index (χ1) is 16.7. The van der Waals surface area contributed by atoms with Gasteiger partial charge in [0.15, 0.2) is 6.10 Å². The van der Waals surface area contributed by atoms with Crippen LogP contribution in [-0.2, 0) is 14.4 Å². The molecule has 2 amide bonds. The lowest BCUT2D eigenvalue weighted by Crippen LogP contribution is -2.38. The molecular weight excluding hydrogens is 477 g/mol. The normalized spacial score (nSPS) is 21.5. The fourth-order valence-electron chi connectivity index (χ4n) is 4.76. The second kappa shape index (κ2) is 8.44. The third kappa shape index (κ3) is 3.64. The highest BCUT2D eigenvalue weighted by molar-refractivity contribution is 6.31. The summed E-state index contributed by atoms with van der Waals surface area (Å²) in [6.45, 7) is 3.69. The summed E-state index contributed by atoms with van der Waals surface area (Å²) in [5.74, 6) is -2.98. The van der Waals surface area contributed by atoms with Gasteiger partial charge in [-0.25, -0.2) is 14.4 Å². The zero-order chi connectivity index (χ0) is 25.0. The molecule has 0 aliphatic carbocycles. The number of amides is 2. The molecule has 3 aromatic rings. The van der Waals surface area contributed by atoms with Crippen LogP contribution in [0.25, 0.3) is 0 Å². The van der Waals surface area contributed by atoms with E-state index in [0.717, 1.165) is 16.0 Å². The summed E-state index contributed by atoms with van der Waals surface area (Å²) in [5, 5.41) is 12.6. The minimum absolute atomic E-state index is 0.0307. The van der Waals surface area contributed by atoms with Crippen LogP contribution in [0.1, 0.15) is 22.7 Å². The van der Waals surface area contributed by atoms with E-state index in [0.29, 0.717) is 5.69 Å². The highest BCUT2D eigenvalue weighted by Gasteiger charge is 2.61. The van der Waals surface area contributed by atoms with Gasteiger partial charge in [0, 0.05) is 22.7 Å². The quantitative estimate of drug-likeness (QED) is 0.285. The van der Waals surface area contributed by atoms with Crippen LogP contribution < -0.4 is 9.96 Å². The van der Waals surface area contributed by atoms with Crippen LogP contribution >= 0.6 is 11.6 Å². The number of carbonyl (C=O) groups is 2. The number of aryl methyl sites for hydroxylation is 2. The van der Waals surface area contributed by atoms with Gasteiger partial charge in [0.2, 0.25) is 5.91 Å². The van der Waals surface area contributed by atoms with Crippen LogP contribution in [0.4, 0.5) is 21.5 Å². The van der Waals surface area contributed by atoms with E-state index in [9.17, 15) is 19.7 Å². The summed E-state index contributed by atoms with van der Waals surface area (Å²) in [6, 6.07) is 13.8. The smallest absolute Gasteiger partial charge is 0.271 e. The number of non-ortho nitro benzene ring substituents is 1. The fourth-order valence-corrected chi connectivity index (χ4v) is 5.04. The zero-order valence-electron chi connectivity index (χ0n) is 18.6. The lowest BCUT2D eigenvalue weighted by Gasteiger charge is -2.29. The molecule has 0 spiro atoms. The van der Waals surface area contributed by atoms with E-state index in [-0.39, 0.29) is 22.0 Å². The van der Waals surface area contributed by atoms with Crippen molar-refractivity contribution in [2.24, 2.45) is 5.92 Å². The number of halogens is 2. The molecular formula is C25H19ClFN3O5. The SMILES string of the molecule is Cc1ccc(N2C(=O)C3ON(c4cccc([N+](=O)[O-])c4)C(c4c(F)cccc4Cl)C3C2=O)c(C)c1. The molecule has 3 unspecified atom stereocenters. The topological polar surface area (TPSA) is 93.0 Å². The standard InChI is InChI=1S/C25H19ClFN3O5/c1-13-9-10-19(14(2)11-13)28-24(31)21-22(20-17(26)7-4-8-18(20)27)29(35-23(21)25(28)32)15-5-3-6-16(12-15)30(33)34/h3-12,21-23H,1-2H3. The molecule has 0 saturated carbocycles. The Hall–Kier alpha value is -3.82. The van der Waals surface area contributed by atoms with E-state index in [4.69, 9.17) is 16.4 Å². The number of anilines is 2. The Morgan fingerprint density at radius 1 is 1.03 bits per heavy atom. The van der Waals surface area contributed by atoms with Gasteiger partial charge in [-0.3, -0.25) is 24.5 Å². The molecule has 2 heterocycles. The number of hydrogen-bond acceptors (Lipinski definition) is 6. The Morgan fingerprint density at radius 3 is 2.46 bits per heavy atom. The van der Waals surface area contributed by atoms with Crippen molar-refractivity contribution in [2.45, 2.75) is 26.0 Å². The van der Waals surface area contributed by atoms with Gasteiger partial charge in [-0.1, -0.05) is 41.4 Å². The van der Waals surface area contributed by atoms with E-state index in [1.165, 1.54) is 47.5 Å². The average molecular weight is 496 g/mol. The molecule has 10 heteroatoms. The summed E-state index contributed by atoms with van der Waals surface area (Å²) >= 11 is 6.37. The predicted octanol–water partition coefficient (Wildman–Crippen LogP) is 5.06. The number of rotatable bonds is 4. The molecule has 2 aliphatic rings. The van der Waals surface area contributed by atoms with Gasteiger partial charge in [-0.2, -0.15) is 0 Å². The van der Waals surface area contributed by atoms with Crippen LogP contribution in [0.15, 0.2) is 60.7 Å². The monoisotopic (exact) mass is 495 g/mol. The van der Waals surface area contributed by atoms with Gasteiger partial charge in [0.1, 0.15) is 17.8 Å². The van der Waals surface area contributed by atoms with Crippen molar-refractivity contribution < 1.29 is 23.7 Å². The molecule has 0 aromatic heterocycles. The molecule has 3 aromatic carbocycles. The summed E-state index contributed by atoms with van der Waals surface area (Å²) in [4.78, 5) is 44.9. The molecule has 0 radical (unpaired) electrons. The lowest BCUT2D eigenvalue weighted by molar-refractivity contribution is -0.384. The number of hydroxylamine groups is 1. The Kier molecular flexibility index (Phi) is 5.53. The number of nitrogens with zero attached hydrogens (tertiary/aromatic N) is 3. The fraction of sp³-hybridized carbons (Fsp3) is 0.200. The number of carbonyl (C=O) groups excluding carboxylic acids is 2. The predicted molar refractivity (Wildman–Crippen MR) is 126 cm³/mol. The summed E-state index contributed by atoms with van der Waals surface area (Å²) < 4.78 is 15.1. The zero-order valence-corrected chi connectivity index (χ0v) is 19.4. The Bertz CT molecular complexity index is 1380. The van der Waals surface area contributed by atoms with E-state index in [1.54, 1.807) is 19.1 Å². The van der Waals surface area contributed by atoms with Crippen molar-refractivity contribution in [2.75, 3.05) is 9.96 Å². The number of nitro benzene ring substituents is 1. The van der Waals surface area contributed by atoms with E-state index >= 15 is 4.39 Å². The van der Waals surface area contributed by atoms with Crippen LogP contribution in [0, 0.1) is 35.7 Å². The molecule has 0 N–H and O–H groups in total. The summed E-state index contributed by atoms with van der Waals surface area (Å²) in [6.07, 6.45) is -1.26. The van der Waals surface area contributed by atoms with Gasteiger partial charge < -0.3 is 0 Å². The van der Waals surface area contributed by atoms with Gasteiger partial charge >= 0.3 is 0 Å². The molecule has 2 fully saturated rings. The third-order valence-corrected chi connectivity index (χ3v) is 6.63. The maximum Gasteiger partial charge on any atom is 0.271 e. The van der Waals surface area contributed by atoms with Crippen LogP contribution in [0.5, 0.6) is 0 Å². The number of benzene rings is 3. The maximum atomic E-state index is 15.1. The first-order valence-electron chi connectivity index (χ1n) is 10.8. The Morgan fingerprint density at radius 2 is 1.77 bits per heavy atom. The average Bonchev–Trinajstić information content (AvgIpc) is 3.30. The second-order valence-corrected chi connectivity index (χ2v) is 8.94. The van der Waals surface area contributed by atoms with Crippen LogP contribution in [0.2, 0.25) is 5.02 Å². The van der Waals surface area contributed by atoms with Gasteiger partial charge in [0.25, 0.3) is 11.6 Å². The highest BCUT2D eigenvalue weighted by Crippen LogP contribution is 2.50. The molecule has 3 atom stereocenters. The highest BCUT2D eigenvalue weighted by atomic mass is 35.5. The summed E-state index contributed by atoms with van der Waals surface area (Å²) in [7, 11) is 0. The van der Waals surface area contributed by atoms with E-state index < -0.39 is 40.6 Å². The lowest BCUT2D eigenvalue weighted by atomic mass is 9.90. The van der Waals surface area contributed by atoms with Crippen molar-refractivity contribution in [3.8, 4) is 0 Å². The molecule has 5 rings (SSSR count). The van der Waals surface area contributed by atoms with Gasteiger partial charge in [-0.15, -0.1) is 0 Å². The van der Waals surface area contributed by atoms with E-state index in [2.05, 4.69) is 0 Å². The second-order valence-electron chi connectivity index (χ2n) is 8.54. The van der Waals surface area contributed by atoms with Crippen molar-refractivity contribution in [3.63, 3.8) is 0 Å². The van der Waals surface area contributed by atoms with Crippen molar-refractivity contribution in [1.29, 1.82) is 0 Å². The number of nitro groups is 1. The minimum atomic E-state index is -1.26.